The summed E-state index contributed by atoms with van der Waals surface area (Å²) in [6, 6.07) is 19.6. The molecule has 0 radical (unpaired) electrons. The fourth-order valence-electron chi connectivity index (χ4n) is 5.47. The van der Waals surface area contributed by atoms with Crippen LogP contribution < -0.4 is 11.1 Å². The van der Waals surface area contributed by atoms with Crippen molar-refractivity contribution >= 4 is 17.6 Å². The lowest BCUT2D eigenvalue weighted by molar-refractivity contribution is 0.104. The smallest absolute Gasteiger partial charge is 0.241 e. The zero-order chi connectivity index (χ0) is 26.1. The molecule has 2 aromatic carbocycles. The Labute approximate surface area is 223 Å². The fraction of sp³-hybridized carbons (Fsp3) is 0.379. The molecule has 196 valence electrons. The Hall–Kier alpha value is -3.82. The van der Waals surface area contributed by atoms with Crippen LogP contribution in [0.3, 0.4) is 0 Å². The number of aryl methyl sites for hydroxylation is 2. The van der Waals surface area contributed by atoms with E-state index in [0.29, 0.717) is 17.8 Å². The van der Waals surface area contributed by atoms with E-state index in [0.717, 1.165) is 68.9 Å². The summed E-state index contributed by atoms with van der Waals surface area (Å²) >= 11 is 0. The Morgan fingerprint density at radius 3 is 2.47 bits per heavy atom. The van der Waals surface area contributed by atoms with Crippen molar-refractivity contribution in [3.05, 3.63) is 71.3 Å². The minimum atomic E-state index is 0.187. The van der Waals surface area contributed by atoms with E-state index in [1.54, 1.807) is 4.68 Å². The molecule has 3 N–H and O–H groups in total. The Balaban J connectivity index is 1.18. The predicted molar refractivity (Wildman–Crippen MR) is 151 cm³/mol. The summed E-state index contributed by atoms with van der Waals surface area (Å²) in [5, 5.41) is 16.9. The van der Waals surface area contributed by atoms with Crippen LogP contribution in [0.25, 0.3) is 17.1 Å². The third kappa shape index (κ3) is 5.12. The highest BCUT2D eigenvalue weighted by Gasteiger charge is 2.20. The SMILES string of the molecule is CC(C)N1CCN(Cc2ccc(Nc3nc(N)nn3-c3cc4c(nn3)-c3ccccc3CCC4)cc2)CC1. The van der Waals surface area contributed by atoms with E-state index in [1.807, 2.05) is 0 Å². The van der Waals surface area contributed by atoms with Crippen LogP contribution in [0.2, 0.25) is 0 Å². The van der Waals surface area contributed by atoms with Crippen LogP contribution in [-0.2, 0) is 19.4 Å². The number of aromatic nitrogens is 5. The lowest BCUT2D eigenvalue weighted by Crippen LogP contribution is -2.48. The van der Waals surface area contributed by atoms with E-state index in [-0.39, 0.29) is 5.95 Å². The number of piperazine rings is 1. The van der Waals surface area contributed by atoms with Gasteiger partial charge in [-0.1, -0.05) is 36.4 Å². The maximum absolute atomic E-state index is 6.01. The second-order valence-electron chi connectivity index (χ2n) is 10.5. The molecule has 1 fully saturated rings. The van der Waals surface area contributed by atoms with Gasteiger partial charge < -0.3 is 11.1 Å². The first kappa shape index (κ1) is 24.5. The normalized spacial score (nSPS) is 16.2. The second-order valence-corrected chi connectivity index (χ2v) is 10.5. The molecule has 2 aliphatic rings. The number of nitrogens with zero attached hydrogens (tertiary/aromatic N) is 7. The van der Waals surface area contributed by atoms with Crippen LogP contribution >= 0.6 is 0 Å². The summed E-state index contributed by atoms with van der Waals surface area (Å²) in [7, 11) is 0. The highest BCUT2D eigenvalue weighted by Crippen LogP contribution is 2.31. The molecule has 0 unspecified atom stereocenters. The van der Waals surface area contributed by atoms with Gasteiger partial charge in [0, 0.05) is 50.0 Å². The Morgan fingerprint density at radius 2 is 1.68 bits per heavy atom. The minimum absolute atomic E-state index is 0.187. The second kappa shape index (κ2) is 10.5. The topological polar surface area (TPSA) is 101 Å². The molecule has 6 rings (SSSR count). The zero-order valence-electron chi connectivity index (χ0n) is 22.1. The molecule has 38 heavy (non-hydrogen) atoms. The number of fused-ring (bicyclic) bond motifs is 3. The van der Waals surface area contributed by atoms with Crippen molar-refractivity contribution in [1.29, 1.82) is 0 Å². The van der Waals surface area contributed by atoms with Crippen LogP contribution in [0.1, 0.15) is 37.0 Å². The number of nitrogens with one attached hydrogen (secondary N) is 1. The van der Waals surface area contributed by atoms with Crippen molar-refractivity contribution < 1.29 is 0 Å². The summed E-state index contributed by atoms with van der Waals surface area (Å²) < 4.78 is 1.64. The highest BCUT2D eigenvalue weighted by atomic mass is 15.5. The molecule has 4 aromatic rings. The quantitative estimate of drug-likeness (QED) is 0.401. The van der Waals surface area contributed by atoms with E-state index in [2.05, 4.69) is 104 Å². The first-order valence-electron chi connectivity index (χ1n) is 13.5. The largest absolute Gasteiger partial charge is 0.366 e. The van der Waals surface area contributed by atoms with Gasteiger partial charge in [0.25, 0.3) is 0 Å². The van der Waals surface area contributed by atoms with Gasteiger partial charge in [0.1, 0.15) is 0 Å². The van der Waals surface area contributed by atoms with Gasteiger partial charge in [0.15, 0.2) is 5.82 Å². The van der Waals surface area contributed by atoms with Crippen LogP contribution in [-0.4, -0.2) is 67.0 Å². The average molecular weight is 510 g/mol. The number of anilines is 3. The summed E-state index contributed by atoms with van der Waals surface area (Å²) in [5.41, 5.74) is 12.8. The van der Waals surface area contributed by atoms with Gasteiger partial charge in [-0.2, -0.15) is 9.67 Å². The Bertz CT molecular complexity index is 1400. The summed E-state index contributed by atoms with van der Waals surface area (Å²) in [6.07, 6.45) is 3.04. The number of nitrogen functional groups attached to an aromatic ring is 1. The van der Waals surface area contributed by atoms with E-state index >= 15 is 0 Å². The number of hydrogen-bond acceptors (Lipinski definition) is 8. The van der Waals surface area contributed by atoms with Gasteiger partial charge in [0.2, 0.25) is 11.9 Å². The van der Waals surface area contributed by atoms with Gasteiger partial charge in [-0.3, -0.25) is 9.80 Å². The molecule has 3 heterocycles. The number of nitrogens with two attached hydrogens (primary N) is 1. The van der Waals surface area contributed by atoms with Crippen molar-refractivity contribution in [3.8, 4) is 17.1 Å². The molecule has 0 bridgehead atoms. The van der Waals surface area contributed by atoms with Gasteiger partial charge in [-0.15, -0.1) is 15.3 Å². The van der Waals surface area contributed by atoms with E-state index < -0.39 is 0 Å². The molecule has 1 saturated heterocycles. The number of benzene rings is 2. The van der Waals surface area contributed by atoms with Gasteiger partial charge in [-0.05, 0) is 68.0 Å². The van der Waals surface area contributed by atoms with E-state index in [4.69, 9.17) is 5.73 Å². The average Bonchev–Trinajstić information content (AvgIpc) is 3.19. The van der Waals surface area contributed by atoms with E-state index in [9.17, 15) is 0 Å². The van der Waals surface area contributed by atoms with E-state index in [1.165, 1.54) is 16.7 Å². The number of hydrogen-bond donors (Lipinski definition) is 2. The van der Waals surface area contributed by atoms with Crippen LogP contribution in [0, 0.1) is 0 Å². The lowest BCUT2D eigenvalue weighted by Gasteiger charge is -2.36. The molecule has 0 amide bonds. The third-order valence-electron chi connectivity index (χ3n) is 7.62. The molecular formula is C29H35N9. The summed E-state index contributed by atoms with van der Waals surface area (Å²) in [6.45, 7) is 9.98. The molecular weight excluding hydrogens is 474 g/mol. The van der Waals surface area contributed by atoms with Crippen molar-refractivity contribution in [2.75, 3.05) is 37.2 Å². The maximum Gasteiger partial charge on any atom is 0.241 e. The molecule has 1 aliphatic carbocycles. The van der Waals surface area contributed by atoms with Crippen LogP contribution in [0.15, 0.2) is 54.6 Å². The highest BCUT2D eigenvalue weighted by molar-refractivity contribution is 5.68. The molecule has 9 nitrogen and oxygen atoms in total. The molecule has 1 aliphatic heterocycles. The molecule has 0 spiro atoms. The molecule has 2 aromatic heterocycles. The minimum Gasteiger partial charge on any atom is -0.366 e. The predicted octanol–water partition coefficient (Wildman–Crippen LogP) is 4.06. The summed E-state index contributed by atoms with van der Waals surface area (Å²) in [5.74, 6) is 1.31. The van der Waals surface area contributed by atoms with Crippen LogP contribution in [0.4, 0.5) is 17.6 Å². The Morgan fingerprint density at radius 1 is 0.921 bits per heavy atom. The molecule has 0 saturated carbocycles. The van der Waals surface area contributed by atoms with Crippen LogP contribution in [0.5, 0.6) is 0 Å². The first-order valence-corrected chi connectivity index (χ1v) is 13.5. The molecule has 9 heteroatoms. The first-order chi connectivity index (χ1) is 18.5. The van der Waals surface area contributed by atoms with Gasteiger partial charge >= 0.3 is 0 Å². The zero-order valence-corrected chi connectivity index (χ0v) is 22.1. The van der Waals surface area contributed by atoms with Crippen molar-refractivity contribution in [1.82, 2.24) is 34.8 Å². The van der Waals surface area contributed by atoms with Crippen molar-refractivity contribution in [2.45, 2.75) is 45.7 Å². The lowest BCUT2D eigenvalue weighted by atomic mass is 10.0. The summed E-state index contributed by atoms with van der Waals surface area (Å²) in [4.78, 5) is 9.49. The third-order valence-corrected chi connectivity index (χ3v) is 7.62. The van der Waals surface area contributed by atoms with Crippen molar-refractivity contribution in [2.24, 2.45) is 0 Å². The fourth-order valence-corrected chi connectivity index (χ4v) is 5.47. The Kier molecular flexibility index (Phi) is 6.78. The van der Waals surface area contributed by atoms with Crippen molar-refractivity contribution in [3.63, 3.8) is 0 Å². The van der Waals surface area contributed by atoms with Gasteiger partial charge in [0.05, 0.1) is 5.69 Å². The standard InChI is InChI=1S/C29H35N9/c1-20(2)37-16-14-36(15-17-37)19-21-10-12-24(13-11-21)31-29-32-28(30)35-38(29)26-18-23-8-5-7-22-6-3-4-9-25(22)27(23)34-33-26/h3-4,6,9-13,18,20H,5,7-8,14-17,19H2,1-2H3,(H3,30,31,32,35). The monoisotopic (exact) mass is 509 g/mol. The molecule has 0 atom stereocenters. The maximum atomic E-state index is 6.01. The number of rotatable bonds is 6. The van der Waals surface area contributed by atoms with Gasteiger partial charge in [-0.25, -0.2) is 0 Å².